The van der Waals surface area contributed by atoms with Crippen LogP contribution in [0.2, 0.25) is 5.02 Å². The third-order valence-electron chi connectivity index (χ3n) is 3.35. The number of rotatable bonds is 6. The first-order valence-electron chi connectivity index (χ1n) is 7.60. The van der Waals surface area contributed by atoms with E-state index in [0.717, 1.165) is 16.1 Å². The molecule has 27 heavy (non-hydrogen) atoms. The fourth-order valence-electron chi connectivity index (χ4n) is 1.95. The predicted molar refractivity (Wildman–Crippen MR) is 107 cm³/mol. The lowest BCUT2D eigenvalue weighted by molar-refractivity contribution is -0.115. The summed E-state index contributed by atoms with van der Waals surface area (Å²) in [6.45, 7) is 1.65. The Balaban J connectivity index is 2.18. The van der Waals surface area contributed by atoms with Gasteiger partial charge in [0.2, 0.25) is 15.9 Å². The third kappa shape index (κ3) is 5.22. The second-order valence-corrected chi connectivity index (χ2v) is 9.52. The van der Waals surface area contributed by atoms with Crippen LogP contribution in [0.15, 0.2) is 34.3 Å². The van der Waals surface area contributed by atoms with E-state index in [1.165, 1.54) is 38.4 Å². The van der Waals surface area contributed by atoms with Gasteiger partial charge in [0, 0.05) is 25.8 Å². The van der Waals surface area contributed by atoms with Gasteiger partial charge in [-0.05, 0) is 25.1 Å². The summed E-state index contributed by atoms with van der Waals surface area (Å²) in [7, 11) is -0.956. The van der Waals surface area contributed by atoms with Crippen molar-refractivity contribution in [2.24, 2.45) is 0 Å². The number of nitrogens with two attached hydrogens (primary N) is 2. The van der Waals surface area contributed by atoms with Gasteiger partial charge in [-0.25, -0.2) is 22.7 Å². The van der Waals surface area contributed by atoms with Gasteiger partial charge in [-0.15, -0.1) is 0 Å². The summed E-state index contributed by atoms with van der Waals surface area (Å²) < 4.78 is 25.7. The van der Waals surface area contributed by atoms with Gasteiger partial charge >= 0.3 is 0 Å². The highest BCUT2D eigenvalue weighted by molar-refractivity contribution is 8.00. The SMILES string of the molecule is CC(Sc1nc(N)cc(N)n1)C(=O)Nc1ccc(Cl)c(S(=O)(=O)N(C)C)c1. The second-order valence-electron chi connectivity index (χ2n) is 5.68. The van der Waals surface area contributed by atoms with Crippen LogP contribution < -0.4 is 16.8 Å². The van der Waals surface area contributed by atoms with Crippen LogP contribution >= 0.6 is 23.4 Å². The minimum atomic E-state index is -3.75. The fourth-order valence-corrected chi connectivity index (χ4v) is 4.14. The lowest BCUT2D eigenvalue weighted by atomic mass is 10.3. The van der Waals surface area contributed by atoms with Gasteiger partial charge in [0.1, 0.15) is 16.5 Å². The minimum absolute atomic E-state index is 0.0627. The highest BCUT2D eigenvalue weighted by Gasteiger charge is 2.22. The summed E-state index contributed by atoms with van der Waals surface area (Å²) in [6, 6.07) is 5.64. The van der Waals surface area contributed by atoms with Crippen molar-refractivity contribution in [3.63, 3.8) is 0 Å². The third-order valence-corrected chi connectivity index (χ3v) is 6.61. The smallest absolute Gasteiger partial charge is 0.244 e. The zero-order chi connectivity index (χ0) is 20.4. The summed E-state index contributed by atoms with van der Waals surface area (Å²) in [6.07, 6.45) is 0. The van der Waals surface area contributed by atoms with E-state index in [1.807, 2.05) is 0 Å². The van der Waals surface area contributed by atoms with Crippen molar-refractivity contribution in [1.29, 1.82) is 0 Å². The first-order valence-corrected chi connectivity index (χ1v) is 10.3. The molecule has 0 fully saturated rings. The molecule has 2 aromatic rings. The number of hydrogen-bond donors (Lipinski definition) is 3. The zero-order valence-electron chi connectivity index (χ0n) is 14.8. The molecule has 1 aromatic carbocycles. The zero-order valence-corrected chi connectivity index (χ0v) is 17.2. The van der Waals surface area contributed by atoms with Gasteiger partial charge in [-0.1, -0.05) is 23.4 Å². The highest BCUT2D eigenvalue weighted by atomic mass is 35.5. The molecule has 0 aliphatic heterocycles. The maximum absolute atomic E-state index is 12.4. The molecule has 1 aromatic heterocycles. The molecule has 12 heteroatoms. The van der Waals surface area contributed by atoms with Crippen LogP contribution in [0.4, 0.5) is 17.3 Å². The maximum Gasteiger partial charge on any atom is 0.244 e. The van der Waals surface area contributed by atoms with Crippen LogP contribution in [0.25, 0.3) is 0 Å². The molecule has 1 unspecified atom stereocenters. The molecule has 146 valence electrons. The Morgan fingerprint density at radius 3 is 2.37 bits per heavy atom. The van der Waals surface area contributed by atoms with Crippen molar-refractivity contribution >= 4 is 56.6 Å². The maximum atomic E-state index is 12.4. The van der Waals surface area contributed by atoms with E-state index in [0.29, 0.717) is 5.69 Å². The largest absolute Gasteiger partial charge is 0.383 e. The molecule has 0 bridgehead atoms. The van der Waals surface area contributed by atoms with Gasteiger partial charge in [0.25, 0.3) is 0 Å². The van der Waals surface area contributed by atoms with E-state index >= 15 is 0 Å². The molecule has 0 saturated heterocycles. The van der Waals surface area contributed by atoms with Crippen molar-refractivity contribution in [2.75, 3.05) is 30.9 Å². The molecule has 9 nitrogen and oxygen atoms in total. The number of thioether (sulfide) groups is 1. The number of halogens is 1. The van der Waals surface area contributed by atoms with E-state index in [9.17, 15) is 13.2 Å². The van der Waals surface area contributed by atoms with Crippen LogP contribution in [-0.2, 0) is 14.8 Å². The number of hydrogen-bond acceptors (Lipinski definition) is 8. The van der Waals surface area contributed by atoms with Gasteiger partial charge in [0.15, 0.2) is 5.16 Å². The molecular weight excluding hydrogens is 412 g/mol. The molecule has 0 saturated carbocycles. The summed E-state index contributed by atoms with van der Waals surface area (Å²) >= 11 is 7.07. The van der Waals surface area contributed by atoms with E-state index in [1.54, 1.807) is 6.92 Å². The lowest BCUT2D eigenvalue weighted by Gasteiger charge is -2.15. The monoisotopic (exact) mass is 430 g/mol. The number of nitrogens with one attached hydrogen (secondary N) is 1. The van der Waals surface area contributed by atoms with Crippen molar-refractivity contribution in [1.82, 2.24) is 14.3 Å². The van der Waals surface area contributed by atoms with E-state index in [-0.39, 0.29) is 32.6 Å². The lowest BCUT2D eigenvalue weighted by Crippen LogP contribution is -2.24. The minimum Gasteiger partial charge on any atom is -0.383 e. The van der Waals surface area contributed by atoms with Gasteiger partial charge in [-0.3, -0.25) is 4.79 Å². The van der Waals surface area contributed by atoms with Gasteiger partial charge in [0.05, 0.1) is 10.3 Å². The molecule has 1 amide bonds. The van der Waals surface area contributed by atoms with Crippen LogP contribution in [0.3, 0.4) is 0 Å². The van der Waals surface area contributed by atoms with Crippen LogP contribution in [0.1, 0.15) is 6.92 Å². The first-order chi connectivity index (χ1) is 12.5. The fraction of sp³-hybridized carbons (Fsp3) is 0.267. The van der Waals surface area contributed by atoms with Crippen LogP contribution in [0, 0.1) is 0 Å². The number of anilines is 3. The van der Waals surface area contributed by atoms with Crippen molar-refractivity contribution in [3.8, 4) is 0 Å². The molecule has 0 radical (unpaired) electrons. The van der Waals surface area contributed by atoms with E-state index in [4.69, 9.17) is 23.1 Å². The Morgan fingerprint density at radius 2 is 1.81 bits per heavy atom. The van der Waals surface area contributed by atoms with Crippen molar-refractivity contribution in [2.45, 2.75) is 22.2 Å². The molecule has 2 rings (SSSR count). The number of nitrogen functional groups attached to an aromatic ring is 2. The Morgan fingerprint density at radius 1 is 1.22 bits per heavy atom. The van der Waals surface area contributed by atoms with E-state index < -0.39 is 15.3 Å². The summed E-state index contributed by atoms with van der Waals surface area (Å²) in [5, 5.41) is 2.39. The summed E-state index contributed by atoms with van der Waals surface area (Å²) in [5.41, 5.74) is 11.5. The number of benzene rings is 1. The molecule has 1 atom stereocenters. The number of nitrogens with zero attached hydrogens (tertiary/aromatic N) is 3. The quantitative estimate of drug-likeness (QED) is 0.463. The molecule has 0 aliphatic carbocycles. The van der Waals surface area contributed by atoms with E-state index in [2.05, 4.69) is 15.3 Å². The van der Waals surface area contributed by atoms with Crippen LogP contribution in [-0.4, -0.2) is 47.9 Å². The normalized spacial score (nSPS) is 12.8. The second kappa shape index (κ2) is 8.30. The average Bonchev–Trinajstić information content (AvgIpc) is 2.55. The number of carbonyl (C=O) groups excluding carboxylic acids is 1. The number of aromatic nitrogens is 2. The number of amides is 1. The Kier molecular flexibility index (Phi) is 6.52. The molecular formula is C15H19ClN6O3S2. The standard InChI is InChI=1S/C15H19ClN6O3S2/c1-8(26-15-20-12(17)7-13(18)21-15)14(23)19-9-4-5-10(16)11(6-9)27(24,25)22(2)3/h4-8H,1-3H3,(H,19,23)(H4,17,18,20,21). The van der Waals surface area contributed by atoms with Gasteiger partial charge in [-0.2, -0.15) is 0 Å². The molecule has 1 heterocycles. The first kappa shape index (κ1) is 21.2. The van der Waals surface area contributed by atoms with Crippen molar-refractivity contribution < 1.29 is 13.2 Å². The predicted octanol–water partition coefficient (Wildman–Crippen LogP) is 1.66. The number of carbonyl (C=O) groups is 1. The van der Waals surface area contributed by atoms with Crippen LogP contribution in [0.5, 0.6) is 0 Å². The molecule has 0 spiro atoms. The topological polar surface area (TPSA) is 144 Å². The Hall–Kier alpha value is -2.08. The van der Waals surface area contributed by atoms with Gasteiger partial charge < -0.3 is 16.8 Å². The number of sulfonamides is 1. The Bertz CT molecular complexity index is 948. The molecule has 0 aliphatic rings. The average molecular weight is 431 g/mol. The molecule has 5 N–H and O–H groups in total. The summed E-state index contributed by atoms with van der Waals surface area (Å²) in [4.78, 5) is 20.3. The summed E-state index contributed by atoms with van der Waals surface area (Å²) in [5.74, 6) is 0.0304. The highest BCUT2D eigenvalue weighted by Crippen LogP contribution is 2.28. The van der Waals surface area contributed by atoms with Crippen molar-refractivity contribution in [3.05, 3.63) is 29.3 Å². The Labute approximate surface area is 166 Å².